The number of nitrogens with two attached hydrogens (primary N) is 1. The van der Waals surface area contributed by atoms with Crippen molar-refractivity contribution in [1.29, 1.82) is 0 Å². The van der Waals surface area contributed by atoms with Crippen LogP contribution >= 0.6 is 15.9 Å². The number of halogens is 1. The second kappa shape index (κ2) is 14.9. The summed E-state index contributed by atoms with van der Waals surface area (Å²) in [6.07, 6.45) is 6.76. The highest BCUT2D eigenvalue weighted by Gasteiger charge is 2.31. The molecule has 0 saturated carbocycles. The zero-order valence-corrected chi connectivity index (χ0v) is 22.5. The van der Waals surface area contributed by atoms with Crippen LogP contribution in [0.15, 0.2) is 53.0 Å². The average Bonchev–Trinajstić information content (AvgIpc) is 2.81. The Balaban J connectivity index is 2.42. The second-order valence-corrected chi connectivity index (χ2v) is 9.88. The van der Waals surface area contributed by atoms with E-state index in [4.69, 9.17) is 5.73 Å². The van der Waals surface area contributed by atoms with Gasteiger partial charge in [0.25, 0.3) is 0 Å². The molecule has 0 saturated heterocycles. The number of nitrogens with zero attached hydrogens (tertiary/aromatic N) is 2. The monoisotopic (exact) mass is 529 g/mol. The molecule has 0 spiro atoms. The first-order valence-electron chi connectivity index (χ1n) is 12.5. The Morgan fingerprint density at radius 3 is 2.29 bits per heavy atom. The van der Waals surface area contributed by atoms with Crippen LogP contribution in [0.1, 0.15) is 76.8 Å². The first-order valence-corrected chi connectivity index (χ1v) is 13.3. The van der Waals surface area contributed by atoms with Gasteiger partial charge in [0.1, 0.15) is 0 Å². The summed E-state index contributed by atoms with van der Waals surface area (Å²) < 4.78 is 0.954. The van der Waals surface area contributed by atoms with Crippen molar-refractivity contribution in [2.45, 2.75) is 84.8 Å². The number of hydrogen-bond donors (Lipinski definition) is 1. The van der Waals surface area contributed by atoms with Gasteiger partial charge in [0.15, 0.2) is 0 Å². The van der Waals surface area contributed by atoms with Gasteiger partial charge in [-0.1, -0.05) is 92.2 Å². The normalized spacial score (nSPS) is 12.0. The number of carbonyl (C=O) groups excluding carboxylic acids is 2. The Morgan fingerprint density at radius 2 is 1.65 bits per heavy atom. The third kappa shape index (κ3) is 8.88. The summed E-state index contributed by atoms with van der Waals surface area (Å²) >= 11 is 3.56. The molecule has 0 aliphatic carbocycles. The SMILES string of the molecule is CCCCCCC(C(=O)N(CCCC)C(C)=O)N(Cc1ccccc1)Cc1cc(Br)ccc1N. The molecule has 2 rings (SSSR count). The lowest BCUT2D eigenvalue weighted by molar-refractivity contribution is -0.148. The third-order valence-corrected chi connectivity index (χ3v) is 6.64. The molecule has 0 heterocycles. The number of nitrogen functional groups attached to an aromatic ring is 1. The van der Waals surface area contributed by atoms with E-state index in [0.29, 0.717) is 25.3 Å². The van der Waals surface area contributed by atoms with Crippen LogP contribution in [0.4, 0.5) is 5.69 Å². The molecule has 2 aromatic carbocycles. The van der Waals surface area contributed by atoms with Gasteiger partial charge in [-0.15, -0.1) is 0 Å². The van der Waals surface area contributed by atoms with Crippen molar-refractivity contribution >= 4 is 33.4 Å². The van der Waals surface area contributed by atoms with E-state index >= 15 is 0 Å². The van der Waals surface area contributed by atoms with Gasteiger partial charge < -0.3 is 5.73 Å². The van der Waals surface area contributed by atoms with Gasteiger partial charge in [0, 0.05) is 36.7 Å². The topological polar surface area (TPSA) is 66.6 Å². The van der Waals surface area contributed by atoms with Crippen molar-refractivity contribution in [3.8, 4) is 0 Å². The van der Waals surface area contributed by atoms with Crippen molar-refractivity contribution in [3.63, 3.8) is 0 Å². The largest absolute Gasteiger partial charge is 0.398 e. The fourth-order valence-corrected chi connectivity index (χ4v) is 4.58. The molecule has 186 valence electrons. The number of rotatable bonds is 14. The summed E-state index contributed by atoms with van der Waals surface area (Å²) in [5, 5.41) is 0. The Kier molecular flexibility index (Phi) is 12.3. The first kappa shape index (κ1) is 28.1. The summed E-state index contributed by atoms with van der Waals surface area (Å²) in [5.41, 5.74) is 9.13. The fourth-order valence-electron chi connectivity index (χ4n) is 4.17. The molecule has 5 nitrogen and oxygen atoms in total. The van der Waals surface area contributed by atoms with Crippen molar-refractivity contribution in [2.24, 2.45) is 0 Å². The number of benzene rings is 2. The molecule has 0 radical (unpaired) electrons. The zero-order valence-electron chi connectivity index (χ0n) is 20.9. The summed E-state index contributed by atoms with van der Waals surface area (Å²) in [4.78, 5) is 30.0. The highest BCUT2D eigenvalue weighted by Crippen LogP contribution is 2.25. The molecule has 0 fully saturated rings. The van der Waals surface area contributed by atoms with E-state index in [-0.39, 0.29) is 11.8 Å². The lowest BCUT2D eigenvalue weighted by atomic mass is 10.0. The van der Waals surface area contributed by atoms with Gasteiger partial charge in [-0.05, 0) is 42.2 Å². The van der Waals surface area contributed by atoms with E-state index in [0.717, 1.165) is 60.5 Å². The summed E-state index contributed by atoms with van der Waals surface area (Å²) in [6, 6.07) is 15.6. The lowest BCUT2D eigenvalue weighted by Crippen LogP contribution is -2.50. The van der Waals surface area contributed by atoms with E-state index < -0.39 is 6.04 Å². The lowest BCUT2D eigenvalue weighted by Gasteiger charge is -2.34. The van der Waals surface area contributed by atoms with Gasteiger partial charge in [0.05, 0.1) is 6.04 Å². The van der Waals surface area contributed by atoms with Crippen LogP contribution in [-0.2, 0) is 22.7 Å². The maximum Gasteiger partial charge on any atom is 0.246 e. The summed E-state index contributed by atoms with van der Waals surface area (Å²) in [5.74, 6) is -0.277. The number of imide groups is 1. The number of unbranched alkanes of at least 4 members (excludes halogenated alkanes) is 4. The molecule has 0 aliphatic heterocycles. The molecule has 34 heavy (non-hydrogen) atoms. The van der Waals surface area contributed by atoms with Crippen molar-refractivity contribution in [1.82, 2.24) is 9.80 Å². The van der Waals surface area contributed by atoms with E-state index in [2.05, 4.69) is 46.8 Å². The van der Waals surface area contributed by atoms with Crippen LogP contribution in [0, 0.1) is 0 Å². The number of anilines is 1. The zero-order chi connectivity index (χ0) is 24.9. The standard InChI is InChI=1S/C28H40BrN3O2/c1-4-6-8-12-15-27(28(34)32(22(3)33)18-7-5-2)31(20-23-13-10-9-11-14-23)21-24-19-25(29)16-17-26(24)30/h9-11,13-14,16-17,19,27H,4-8,12,15,18,20-21,30H2,1-3H3. The minimum Gasteiger partial charge on any atom is -0.398 e. The molecule has 2 amide bonds. The van der Waals surface area contributed by atoms with Gasteiger partial charge in [-0.2, -0.15) is 0 Å². The van der Waals surface area contributed by atoms with Crippen LogP contribution in [-0.4, -0.2) is 34.2 Å². The highest BCUT2D eigenvalue weighted by molar-refractivity contribution is 9.10. The molecule has 0 aliphatic rings. The van der Waals surface area contributed by atoms with E-state index in [9.17, 15) is 9.59 Å². The highest BCUT2D eigenvalue weighted by atomic mass is 79.9. The maximum absolute atomic E-state index is 13.9. The second-order valence-electron chi connectivity index (χ2n) is 8.96. The fraction of sp³-hybridized carbons (Fsp3) is 0.500. The maximum atomic E-state index is 13.9. The van der Waals surface area contributed by atoms with Crippen LogP contribution in [0.5, 0.6) is 0 Å². The predicted octanol–water partition coefficient (Wildman–Crippen LogP) is 6.55. The Bertz CT molecular complexity index is 904. The Morgan fingerprint density at radius 1 is 0.941 bits per heavy atom. The van der Waals surface area contributed by atoms with Gasteiger partial charge in [-0.25, -0.2) is 0 Å². The third-order valence-electron chi connectivity index (χ3n) is 6.15. The summed E-state index contributed by atoms with van der Waals surface area (Å²) in [7, 11) is 0. The molecule has 6 heteroatoms. The molecule has 2 N–H and O–H groups in total. The van der Waals surface area contributed by atoms with E-state index in [1.165, 1.54) is 11.8 Å². The van der Waals surface area contributed by atoms with Crippen LogP contribution < -0.4 is 5.73 Å². The predicted molar refractivity (Wildman–Crippen MR) is 144 cm³/mol. The van der Waals surface area contributed by atoms with Crippen molar-refractivity contribution in [3.05, 3.63) is 64.1 Å². The van der Waals surface area contributed by atoms with Crippen molar-refractivity contribution < 1.29 is 9.59 Å². The number of carbonyl (C=O) groups is 2. The van der Waals surface area contributed by atoms with E-state index in [1.54, 1.807) is 0 Å². The molecule has 2 aromatic rings. The Labute approximate surface area is 213 Å². The van der Waals surface area contributed by atoms with Crippen LogP contribution in [0.2, 0.25) is 0 Å². The van der Waals surface area contributed by atoms with E-state index in [1.807, 2.05) is 36.4 Å². The van der Waals surface area contributed by atoms with Gasteiger partial charge in [-0.3, -0.25) is 19.4 Å². The minimum absolute atomic E-state index is 0.0954. The molecule has 0 aromatic heterocycles. The number of hydrogen-bond acceptors (Lipinski definition) is 4. The van der Waals surface area contributed by atoms with Crippen LogP contribution in [0.25, 0.3) is 0 Å². The van der Waals surface area contributed by atoms with Gasteiger partial charge >= 0.3 is 0 Å². The average molecular weight is 531 g/mol. The minimum atomic E-state index is -0.392. The number of amides is 2. The Hall–Kier alpha value is -2.18. The van der Waals surface area contributed by atoms with Crippen molar-refractivity contribution in [2.75, 3.05) is 12.3 Å². The molecule has 1 atom stereocenters. The van der Waals surface area contributed by atoms with Crippen LogP contribution in [0.3, 0.4) is 0 Å². The molecular formula is C28H40BrN3O2. The molecule has 0 bridgehead atoms. The van der Waals surface area contributed by atoms with Gasteiger partial charge in [0.2, 0.25) is 11.8 Å². The first-order chi connectivity index (χ1) is 16.4. The smallest absolute Gasteiger partial charge is 0.246 e. The summed E-state index contributed by atoms with van der Waals surface area (Å²) in [6.45, 7) is 7.36. The molecular weight excluding hydrogens is 490 g/mol. The quantitative estimate of drug-likeness (QED) is 0.222. The molecule has 1 unspecified atom stereocenters.